The SMILES string of the molecule is C[C@H]1CNCCN1C1CCCNC(=O)C1. The molecule has 2 rings (SSSR count). The van der Waals surface area contributed by atoms with Crippen LogP contribution < -0.4 is 10.6 Å². The van der Waals surface area contributed by atoms with Crippen molar-refractivity contribution in [2.75, 3.05) is 26.2 Å². The molecule has 2 saturated heterocycles. The van der Waals surface area contributed by atoms with Gasteiger partial charge in [-0.2, -0.15) is 0 Å². The van der Waals surface area contributed by atoms with Crippen LogP contribution >= 0.6 is 0 Å². The molecule has 0 aromatic rings. The summed E-state index contributed by atoms with van der Waals surface area (Å²) in [4.78, 5) is 14.0. The number of piperazine rings is 1. The van der Waals surface area contributed by atoms with Crippen LogP contribution in [0, 0.1) is 0 Å². The van der Waals surface area contributed by atoms with Crippen LogP contribution in [0.1, 0.15) is 26.2 Å². The molecule has 0 aliphatic carbocycles. The second-order valence-electron chi connectivity index (χ2n) is 4.64. The number of carbonyl (C=O) groups is 1. The quantitative estimate of drug-likeness (QED) is 0.639. The summed E-state index contributed by atoms with van der Waals surface area (Å²) in [6.45, 7) is 6.30. The Balaban J connectivity index is 1.97. The van der Waals surface area contributed by atoms with Gasteiger partial charge in [0.05, 0.1) is 0 Å². The van der Waals surface area contributed by atoms with E-state index < -0.39 is 0 Å². The van der Waals surface area contributed by atoms with Crippen LogP contribution in [0.2, 0.25) is 0 Å². The first kappa shape index (κ1) is 10.9. The van der Waals surface area contributed by atoms with E-state index >= 15 is 0 Å². The first-order chi connectivity index (χ1) is 7.27. The second kappa shape index (κ2) is 4.94. The Morgan fingerprint density at radius 3 is 3.07 bits per heavy atom. The van der Waals surface area contributed by atoms with Crippen LogP contribution in [0.25, 0.3) is 0 Å². The standard InChI is InChI=1S/C11H21N3O/c1-9-8-12-5-6-14(9)10-3-2-4-13-11(15)7-10/h9-10,12H,2-8H2,1H3,(H,13,15)/t9-,10?/m0/s1. The maximum absolute atomic E-state index is 11.5. The molecule has 2 aliphatic rings. The predicted molar refractivity (Wildman–Crippen MR) is 59.7 cm³/mol. The van der Waals surface area contributed by atoms with Gasteiger partial charge in [0.15, 0.2) is 0 Å². The maximum atomic E-state index is 11.5. The normalized spacial score (nSPS) is 34.6. The van der Waals surface area contributed by atoms with Gasteiger partial charge in [-0.3, -0.25) is 9.69 Å². The molecule has 1 unspecified atom stereocenters. The van der Waals surface area contributed by atoms with Gasteiger partial charge in [0.2, 0.25) is 5.91 Å². The highest BCUT2D eigenvalue weighted by molar-refractivity contribution is 5.76. The molecular formula is C11H21N3O. The predicted octanol–water partition coefficient (Wildman–Crippen LogP) is -0.0512. The first-order valence-corrected chi connectivity index (χ1v) is 6.00. The average molecular weight is 211 g/mol. The second-order valence-corrected chi connectivity index (χ2v) is 4.64. The van der Waals surface area contributed by atoms with Crippen molar-refractivity contribution in [1.82, 2.24) is 15.5 Å². The minimum Gasteiger partial charge on any atom is -0.356 e. The number of rotatable bonds is 1. The summed E-state index contributed by atoms with van der Waals surface area (Å²) >= 11 is 0. The van der Waals surface area contributed by atoms with Crippen molar-refractivity contribution < 1.29 is 4.79 Å². The molecule has 0 saturated carbocycles. The lowest BCUT2D eigenvalue weighted by molar-refractivity contribution is -0.122. The van der Waals surface area contributed by atoms with E-state index in [2.05, 4.69) is 22.5 Å². The fraction of sp³-hybridized carbons (Fsp3) is 0.909. The monoisotopic (exact) mass is 211 g/mol. The molecule has 2 atom stereocenters. The highest BCUT2D eigenvalue weighted by Crippen LogP contribution is 2.17. The molecule has 0 spiro atoms. The summed E-state index contributed by atoms with van der Waals surface area (Å²) < 4.78 is 0. The number of hydrogen-bond donors (Lipinski definition) is 2. The van der Waals surface area contributed by atoms with E-state index in [1.807, 2.05) is 0 Å². The molecule has 2 aliphatic heterocycles. The summed E-state index contributed by atoms with van der Waals surface area (Å²) in [5.41, 5.74) is 0. The third-order valence-corrected chi connectivity index (χ3v) is 3.48. The molecule has 0 aromatic carbocycles. The van der Waals surface area contributed by atoms with Crippen LogP contribution in [0.15, 0.2) is 0 Å². The van der Waals surface area contributed by atoms with Gasteiger partial charge in [-0.25, -0.2) is 0 Å². The van der Waals surface area contributed by atoms with Crippen LogP contribution in [-0.4, -0.2) is 49.1 Å². The molecule has 15 heavy (non-hydrogen) atoms. The Hall–Kier alpha value is -0.610. The molecule has 2 N–H and O–H groups in total. The molecule has 0 aromatic heterocycles. The molecule has 4 heteroatoms. The molecule has 0 bridgehead atoms. The lowest BCUT2D eigenvalue weighted by atomic mass is 10.0. The third kappa shape index (κ3) is 2.69. The average Bonchev–Trinajstić information content (AvgIpc) is 2.43. The molecule has 4 nitrogen and oxygen atoms in total. The Morgan fingerprint density at radius 1 is 1.40 bits per heavy atom. The van der Waals surface area contributed by atoms with Crippen molar-refractivity contribution in [3.05, 3.63) is 0 Å². The lowest BCUT2D eigenvalue weighted by Crippen LogP contribution is -2.54. The number of nitrogens with one attached hydrogen (secondary N) is 2. The molecular weight excluding hydrogens is 190 g/mol. The van der Waals surface area contributed by atoms with Crippen LogP contribution in [0.3, 0.4) is 0 Å². The van der Waals surface area contributed by atoms with E-state index in [-0.39, 0.29) is 5.91 Å². The van der Waals surface area contributed by atoms with Gasteiger partial charge in [-0.1, -0.05) is 0 Å². The van der Waals surface area contributed by atoms with Crippen LogP contribution in [-0.2, 0) is 4.79 Å². The van der Waals surface area contributed by atoms with Crippen molar-refractivity contribution in [2.45, 2.75) is 38.3 Å². The highest BCUT2D eigenvalue weighted by Gasteiger charge is 2.28. The largest absolute Gasteiger partial charge is 0.356 e. The minimum atomic E-state index is 0.225. The van der Waals surface area contributed by atoms with Crippen molar-refractivity contribution in [3.63, 3.8) is 0 Å². The van der Waals surface area contributed by atoms with Crippen molar-refractivity contribution in [3.8, 4) is 0 Å². The minimum absolute atomic E-state index is 0.225. The van der Waals surface area contributed by atoms with Gasteiger partial charge in [0.1, 0.15) is 0 Å². The molecule has 0 radical (unpaired) electrons. The molecule has 86 valence electrons. The van der Waals surface area contributed by atoms with E-state index in [4.69, 9.17) is 0 Å². The van der Waals surface area contributed by atoms with Crippen molar-refractivity contribution >= 4 is 5.91 Å². The fourth-order valence-electron chi connectivity index (χ4n) is 2.64. The van der Waals surface area contributed by atoms with E-state index in [0.29, 0.717) is 18.5 Å². The van der Waals surface area contributed by atoms with E-state index in [0.717, 1.165) is 39.0 Å². The third-order valence-electron chi connectivity index (χ3n) is 3.48. The number of nitrogens with zero attached hydrogens (tertiary/aromatic N) is 1. The lowest BCUT2D eigenvalue weighted by Gasteiger charge is -2.39. The van der Waals surface area contributed by atoms with Gasteiger partial charge in [0, 0.05) is 44.7 Å². The van der Waals surface area contributed by atoms with E-state index in [1.54, 1.807) is 0 Å². The summed E-state index contributed by atoms with van der Waals surface area (Å²) in [5, 5.41) is 6.34. The Morgan fingerprint density at radius 2 is 2.27 bits per heavy atom. The topological polar surface area (TPSA) is 44.4 Å². The highest BCUT2D eigenvalue weighted by atomic mass is 16.1. The first-order valence-electron chi connectivity index (χ1n) is 6.00. The number of amides is 1. The molecule has 1 amide bonds. The number of hydrogen-bond acceptors (Lipinski definition) is 3. The van der Waals surface area contributed by atoms with Crippen LogP contribution in [0.4, 0.5) is 0 Å². The molecule has 2 heterocycles. The number of carbonyl (C=O) groups excluding carboxylic acids is 1. The van der Waals surface area contributed by atoms with E-state index in [1.165, 1.54) is 0 Å². The maximum Gasteiger partial charge on any atom is 0.221 e. The summed E-state index contributed by atoms with van der Waals surface area (Å²) in [6.07, 6.45) is 2.96. The van der Waals surface area contributed by atoms with Gasteiger partial charge in [0.25, 0.3) is 0 Å². The van der Waals surface area contributed by atoms with Crippen LogP contribution in [0.5, 0.6) is 0 Å². The Labute approximate surface area is 91.4 Å². The van der Waals surface area contributed by atoms with Crippen molar-refractivity contribution in [2.24, 2.45) is 0 Å². The van der Waals surface area contributed by atoms with Crippen molar-refractivity contribution in [1.29, 1.82) is 0 Å². The molecule has 2 fully saturated rings. The summed E-state index contributed by atoms with van der Waals surface area (Å²) in [6, 6.07) is 1.03. The summed E-state index contributed by atoms with van der Waals surface area (Å²) in [5.74, 6) is 0.225. The zero-order valence-corrected chi connectivity index (χ0v) is 9.46. The Kier molecular flexibility index (Phi) is 3.59. The smallest absolute Gasteiger partial charge is 0.221 e. The van der Waals surface area contributed by atoms with Gasteiger partial charge >= 0.3 is 0 Å². The zero-order chi connectivity index (χ0) is 10.7. The zero-order valence-electron chi connectivity index (χ0n) is 9.46. The summed E-state index contributed by atoms with van der Waals surface area (Å²) in [7, 11) is 0. The van der Waals surface area contributed by atoms with Gasteiger partial charge in [-0.15, -0.1) is 0 Å². The van der Waals surface area contributed by atoms with E-state index in [9.17, 15) is 4.79 Å². The van der Waals surface area contributed by atoms with Gasteiger partial charge in [-0.05, 0) is 19.8 Å². The fourth-order valence-corrected chi connectivity index (χ4v) is 2.64. The Bertz CT molecular complexity index is 232. The van der Waals surface area contributed by atoms with Gasteiger partial charge < -0.3 is 10.6 Å².